The SMILES string of the molecule is OB(O)c1ccccc1C1CCCC2C(CCC1)C2c1ccccc1B(O)O. The van der Waals surface area contributed by atoms with Crippen molar-refractivity contribution in [1.82, 2.24) is 0 Å². The molecule has 2 fully saturated rings. The van der Waals surface area contributed by atoms with Crippen LogP contribution in [0.25, 0.3) is 0 Å². The maximum Gasteiger partial charge on any atom is 0.488 e. The highest BCUT2D eigenvalue weighted by Gasteiger charge is 2.50. The van der Waals surface area contributed by atoms with E-state index in [0.29, 0.717) is 34.6 Å². The summed E-state index contributed by atoms with van der Waals surface area (Å²) >= 11 is 0. The second kappa shape index (κ2) is 8.42. The van der Waals surface area contributed by atoms with E-state index in [2.05, 4.69) is 6.07 Å². The van der Waals surface area contributed by atoms with Crippen molar-refractivity contribution in [3.05, 3.63) is 59.7 Å². The molecule has 2 aromatic rings. The molecule has 0 radical (unpaired) electrons. The van der Waals surface area contributed by atoms with Crippen LogP contribution in [0.4, 0.5) is 0 Å². The summed E-state index contributed by atoms with van der Waals surface area (Å²) in [6, 6.07) is 15.4. The fourth-order valence-corrected chi connectivity index (χ4v) is 5.52. The maximum atomic E-state index is 9.72. The van der Waals surface area contributed by atoms with E-state index in [1.807, 2.05) is 42.5 Å². The Morgan fingerprint density at radius 3 is 1.61 bits per heavy atom. The summed E-state index contributed by atoms with van der Waals surface area (Å²) in [7, 11) is -2.82. The van der Waals surface area contributed by atoms with E-state index in [4.69, 9.17) is 0 Å². The smallest absolute Gasteiger partial charge is 0.423 e. The van der Waals surface area contributed by atoms with Gasteiger partial charge in [-0.2, -0.15) is 0 Å². The molecule has 28 heavy (non-hydrogen) atoms. The molecule has 2 atom stereocenters. The van der Waals surface area contributed by atoms with E-state index in [9.17, 15) is 20.1 Å². The van der Waals surface area contributed by atoms with Gasteiger partial charge in [0.1, 0.15) is 0 Å². The molecule has 0 saturated heterocycles. The number of benzene rings is 2. The van der Waals surface area contributed by atoms with Crippen molar-refractivity contribution < 1.29 is 20.1 Å². The minimum Gasteiger partial charge on any atom is -0.423 e. The predicted octanol–water partition coefficient (Wildman–Crippen LogP) is 1.51. The second-order valence-corrected chi connectivity index (χ2v) is 8.42. The molecule has 0 amide bonds. The third kappa shape index (κ3) is 3.92. The van der Waals surface area contributed by atoms with Crippen LogP contribution in [0, 0.1) is 11.8 Å². The lowest BCUT2D eigenvalue weighted by Crippen LogP contribution is -2.34. The molecule has 2 aromatic carbocycles. The highest BCUT2D eigenvalue weighted by Crippen LogP contribution is 2.59. The average Bonchev–Trinajstić information content (AvgIpc) is 3.36. The molecule has 4 nitrogen and oxygen atoms in total. The molecule has 0 aliphatic heterocycles. The predicted molar refractivity (Wildman–Crippen MR) is 113 cm³/mol. The Morgan fingerprint density at radius 1 is 0.607 bits per heavy atom. The van der Waals surface area contributed by atoms with E-state index >= 15 is 0 Å². The highest BCUT2D eigenvalue weighted by atomic mass is 16.4. The Balaban J connectivity index is 1.47. The van der Waals surface area contributed by atoms with Crippen LogP contribution in [0.2, 0.25) is 0 Å². The maximum absolute atomic E-state index is 9.72. The molecule has 6 heteroatoms. The lowest BCUT2D eigenvalue weighted by atomic mass is 9.72. The zero-order valence-electron chi connectivity index (χ0n) is 16.1. The lowest BCUT2D eigenvalue weighted by molar-refractivity contribution is 0.423. The molecule has 2 saturated carbocycles. The van der Waals surface area contributed by atoms with Crippen molar-refractivity contribution >= 4 is 25.2 Å². The quantitative estimate of drug-likeness (QED) is 0.609. The summed E-state index contributed by atoms with van der Waals surface area (Å²) in [5, 5.41) is 38.9. The van der Waals surface area contributed by atoms with Gasteiger partial charge >= 0.3 is 14.2 Å². The first-order valence-electron chi connectivity index (χ1n) is 10.5. The molecule has 2 unspecified atom stereocenters. The molecule has 0 heterocycles. The van der Waals surface area contributed by atoms with Crippen LogP contribution in [0.15, 0.2) is 48.5 Å². The average molecular weight is 378 g/mol. The van der Waals surface area contributed by atoms with Crippen molar-refractivity contribution in [1.29, 1.82) is 0 Å². The van der Waals surface area contributed by atoms with Gasteiger partial charge in [0.2, 0.25) is 0 Å². The number of rotatable bonds is 4. The van der Waals surface area contributed by atoms with Gasteiger partial charge in [-0.05, 0) is 71.4 Å². The van der Waals surface area contributed by atoms with Crippen LogP contribution in [-0.4, -0.2) is 34.3 Å². The Morgan fingerprint density at radius 2 is 1.07 bits per heavy atom. The standard InChI is InChI=1S/C22H28B2O4/c25-23(26)20-13-3-1-9-16(20)15-7-5-11-17-18(12-6-8-15)22(17)19-10-2-4-14-21(19)24(27)28/h1-4,9-10,13-15,17-18,22,25-28H,5-8,11-12H2. The molecule has 4 N–H and O–H groups in total. The fourth-order valence-electron chi connectivity index (χ4n) is 5.52. The largest absolute Gasteiger partial charge is 0.488 e. The molecule has 0 spiro atoms. The van der Waals surface area contributed by atoms with Crippen LogP contribution in [0.5, 0.6) is 0 Å². The molecular formula is C22H28B2O4. The molecule has 2 aliphatic rings. The van der Waals surface area contributed by atoms with Gasteiger partial charge in [-0.15, -0.1) is 0 Å². The third-order valence-corrected chi connectivity index (χ3v) is 6.86. The fraction of sp³-hybridized carbons (Fsp3) is 0.455. The summed E-state index contributed by atoms with van der Waals surface area (Å²) in [4.78, 5) is 0. The van der Waals surface area contributed by atoms with Crippen molar-refractivity contribution in [2.45, 2.75) is 50.4 Å². The van der Waals surface area contributed by atoms with Crippen LogP contribution in [0.1, 0.15) is 61.5 Å². The first-order chi connectivity index (χ1) is 13.6. The minimum absolute atomic E-state index is 0.375. The number of fused-ring (bicyclic) bond motifs is 1. The summed E-state index contributed by atoms with van der Waals surface area (Å²) < 4.78 is 0. The molecule has 146 valence electrons. The van der Waals surface area contributed by atoms with Crippen LogP contribution in [-0.2, 0) is 0 Å². The van der Waals surface area contributed by atoms with Crippen molar-refractivity contribution in [3.63, 3.8) is 0 Å². The summed E-state index contributed by atoms with van der Waals surface area (Å²) in [6.45, 7) is 0. The third-order valence-electron chi connectivity index (χ3n) is 6.86. The van der Waals surface area contributed by atoms with Gasteiger partial charge in [-0.3, -0.25) is 0 Å². The molecule has 0 aromatic heterocycles. The van der Waals surface area contributed by atoms with Crippen molar-refractivity contribution in [2.75, 3.05) is 0 Å². The topological polar surface area (TPSA) is 80.9 Å². The Kier molecular flexibility index (Phi) is 5.93. The van der Waals surface area contributed by atoms with Gasteiger partial charge < -0.3 is 20.1 Å². The molecular weight excluding hydrogens is 350 g/mol. The zero-order chi connectivity index (χ0) is 19.7. The second-order valence-electron chi connectivity index (χ2n) is 8.42. The minimum atomic E-state index is -1.41. The number of hydrogen-bond acceptors (Lipinski definition) is 4. The van der Waals surface area contributed by atoms with Gasteiger partial charge in [0.05, 0.1) is 0 Å². The number of hydrogen-bond donors (Lipinski definition) is 4. The van der Waals surface area contributed by atoms with Crippen LogP contribution < -0.4 is 10.9 Å². The van der Waals surface area contributed by atoms with Crippen molar-refractivity contribution in [2.24, 2.45) is 11.8 Å². The van der Waals surface area contributed by atoms with Crippen LogP contribution >= 0.6 is 0 Å². The first kappa shape index (κ1) is 19.7. The lowest BCUT2D eigenvalue weighted by Gasteiger charge is -2.20. The van der Waals surface area contributed by atoms with E-state index < -0.39 is 14.2 Å². The Bertz CT molecular complexity index is 745. The van der Waals surface area contributed by atoms with Gasteiger partial charge in [0, 0.05) is 0 Å². The first-order valence-corrected chi connectivity index (χ1v) is 10.5. The van der Waals surface area contributed by atoms with Crippen LogP contribution in [0.3, 0.4) is 0 Å². The molecule has 2 aliphatic carbocycles. The van der Waals surface area contributed by atoms with Gasteiger partial charge in [0.15, 0.2) is 0 Å². The monoisotopic (exact) mass is 378 g/mol. The highest BCUT2D eigenvalue weighted by molar-refractivity contribution is 6.59. The van der Waals surface area contributed by atoms with Gasteiger partial charge in [0.25, 0.3) is 0 Å². The van der Waals surface area contributed by atoms with Crippen molar-refractivity contribution in [3.8, 4) is 0 Å². The van der Waals surface area contributed by atoms with Gasteiger partial charge in [-0.25, -0.2) is 0 Å². The Labute approximate surface area is 167 Å². The molecule has 4 rings (SSSR count). The summed E-state index contributed by atoms with van der Waals surface area (Å²) in [5.41, 5.74) is 3.48. The van der Waals surface area contributed by atoms with E-state index in [0.717, 1.165) is 49.7 Å². The summed E-state index contributed by atoms with van der Waals surface area (Å²) in [5.74, 6) is 2.07. The molecule has 0 bridgehead atoms. The summed E-state index contributed by atoms with van der Waals surface area (Å²) in [6.07, 6.45) is 6.63. The zero-order valence-corrected chi connectivity index (χ0v) is 16.1. The Hall–Kier alpha value is -1.59. The normalized spacial score (nSPS) is 27.1. The van der Waals surface area contributed by atoms with E-state index in [1.165, 1.54) is 0 Å². The van der Waals surface area contributed by atoms with Gasteiger partial charge in [-0.1, -0.05) is 61.4 Å². The van der Waals surface area contributed by atoms with E-state index in [1.54, 1.807) is 0 Å². The van der Waals surface area contributed by atoms with E-state index in [-0.39, 0.29) is 0 Å².